The molecule has 0 radical (unpaired) electrons. The standard InChI is InChI=1S/C25H21BrN2O5/c1-32-19-13-16(12-18(26)22(19)29)21-20-23(33-28(21)17-10-6-3-7-11-17)25(31)27(24(20)30)14-15-8-4-2-5-9-15/h2-13,20-21,23,29H,14H2,1H3/t20-,21+,23-/m1/s1. The highest BCUT2D eigenvalue weighted by Crippen LogP contribution is 2.49. The van der Waals surface area contributed by atoms with Crippen molar-refractivity contribution in [2.75, 3.05) is 12.2 Å². The van der Waals surface area contributed by atoms with E-state index in [1.165, 1.54) is 12.0 Å². The first-order valence-corrected chi connectivity index (χ1v) is 11.3. The van der Waals surface area contributed by atoms with Crippen molar-refractivity contribution in [3.05, 3.63) is 88.4 Å². The number of hydroxylamine groups is 1. The topological polar surface area (TPSA) is 79.3 Å². The SMILES string of the molecule is COc1cc([C@H]2[C@H]3C(=O)N(Cc4ccccc4)C(=O)[C@@H]3ON2c2ccccc2)cc(Br)c1O. The predicted molar refractivity (Wildman–Crippen MR) is 124 cm³/mol. The van der Waals surface area contributed by atoms with Gasteiger partial charge in [-0.25, -0.2) is 5.06 Å². The quantitative estimate of drug-likeness (QED) is 0.520. The molecular weight excluding hydrogens is 488 g/mol. The van der Waals surface area contributed by atoms with Gasteiger partial charge in [0.15, 0.2) is 17.6 Å². The number of para-hydroxylation sites is 1. The van der Waals surface area contributed by atoms with Crippen LogP contribution in [-0.2, 0) is 21.0 Å². The van der Waals surface area contributed by atoms with E-state index in [1.54, 1.807) is 17.2 Å². The van der Waals surface area contributed by atoms with E-state index in [-0.39, 0.29) is 29.9 Å². The number of carbonyl (C=O) groups is 2. The van der Waals surface area contributed by atoms with E-state index < -0.39 is 18.1 Å². The fraction of sp³-hybridized carbons (Fsp3) is 0.200. The third-order valence-corrected chi connectivity index (χ3v) is 6.62. The Morgan fingerprint density at radius 3 is 2.33 bits per heavy atom. The number of hydrogen-bond acceptors (Lipinski definition) is 6. The number of hydrogen-bond donors (Lipinski definition) is 1. The van der Waals surface area contributed by atoms with Crippen LogP contribution in [-0.4, -0.2) is 35.0 Å². The maximum absolute atomic E-state index is 13.6. The van der Waals surface area contributed by atoms with Crippen molar-refractivity contribution in [3.8, 4) is 11.5 Å². The predicted octanol–water partition coefficient (Wildman–Crippen LogP) is 4.21. The molecule has 5 rings (SSSR count). The molecule has 0 spiro atoms. The molecule has 33 heavy (non-hydrogen) atoms. The summed E-state index contributed by atoms with van der Waals surface area (Å²) in [5.74, 6) is -1.18. The first-order valence-electron chi connectivity index (χ1n) is 10.5. The number of halogens is 1. The minimum Gasteiger partial charge on any atom is -0.503 e. The monoisotopic (exact) mass is 508 g/mol. The van der Waals surface area contributed by atoms with Crippen LogP contribution in [0.2, 0.25) is 0 Å². The van der Waals surface area contributed by atoms with Crippen molar-refractivity contribution >= 4 is 33.4 Å². The highest BCUT2D eigenvalue weighted by atomic mass is 79.9. The molecule has 3 aromatic rings. The Morgan fingerprint density at radius 2 is 1.67 bits per heavy atom. The third-order valence-electron chi connectivity index (χ3n) is 6.01. The summed E-state index contributed by atoms with van der Waals surface area (Å²) in [5, 5.41) is 11.9. The first kappa shape index (κ1) is 21.5. The molecule has 168 valence electrons. The molecule has 8 heteroatoms. The number of methoxy groups -OCH3 is 1. The maximum atomic E-state index is 13.6. The molecule has 3 atom stereocenters. The Hall–Kier alpha value is -3.36. The van der Waals surface area contributed by atoms with Crippen molar-refractivity contribution < 1.29 is 24.3 Å². The van der Waals surface area contributed by atoms with Gasteiger partial charge >= 0.3 is 0 Å². The number of imide groups is 1. The van der Waals surface area contributed by atoms with Crippen molar-refractivity contribution in [3.63, 3.8) is 0 Å². The van der Waals surface area contributed by atoms with Crippen LogP contribution in [0.5, 0.6) is 11.5 Å². The van der Waals surface area contributed by atoms with E-state index in [0.717, 1.165) is 11.3 Å². The lowest BCUT2D eigenvalue weighted by atomic mass is 9.90. The first-order chi connectivity index (χ1) is 16.0. The molecule has 2 heterocycles. The number of fused-ring (bicyclic) bond motifs is 1. The summed E-state index contributed by atoms with van der Waals surface area (Å²) in [4.78, 5) is 34.3. The molecule has 2 amide bonds. The minimum atomic E-state index is -0.940. The van der Waals surface area contributed by atoms with Crippen molar-refractivity contribution in [2.24, 2.45) is 5.92 Å². The zero-order valence-corrected chi connectivity index (χ0v) is 19.3. The van der Waals surface area contributed by atoms with Crippen molar-refractivity contribution in [1.82, 2.24) is 4.90 Å². The molecule has 0 bridgehead atoms. The van der Waals surface area contributed by atoms with Gasteiger partial charge in [0.05, 0.1) is 29.9 Å². The molecule has 2 saturated heterocycles. The van der Waals surface area contributed by atoms with E-state index >= 15 is 0 Å². The second kappa shape index (κ2) is 8.53. The molecule has 7 nitrogen and oxygen atoms in total. The molecule has 2 aliphatic heterocycles. The van der Waals surface area contributed by atoms with Crippen molar-refractivity contribution in [1.29, 1.82) is 0 Å². The number of nitrogens with zero attached hydrogens (tertiary/aromatic N) is 2. The second-order valence-corrected chi connectivity index (χ2v) is 8.81. The minimum absolute atomic E-state index is 0.0393. The Balaban J connectivity index is 1.57. The Bertz CT molecular complexity index is 1200. The average Bonchev–Trinajstić information content (AvgIpc) is 3.34. The number of rotatable bonds is 5. The summed E-state index contributed by atoms with van der Waals surface area (Å²) in [6, 6.07) is 21.5. The zero-order chi connectivity index (χ0) is 23.1. The summed E-state index contributed by atoms with van der Waals surface area (Å²) >= 11 is 3.37. The van der Waals surface area contributed by atoms with Crippen LogP contribution in [0.25, 0.3) is 0 Å². The fourth-order valence-corrected chi connectivity index (χ4v) is 4.91. The van der Waals surface area contributed by atoms with Gasteiger partial charge in [0.25, 0.3) is 5.91 Å². The van der Waals surface area contributed by atoms with Crippen molar-refractivity contribution in [2.45, 2.75) is 18.7 Å². The summed E-state index contributed by atoms with van der Waals surface area (Å²) in [6.45, 7) is 0.190. The number of phenolic OH excluding ortho intramolecular Hbond substituents is 1. The molecule has 0 saturated carbocycles. The second-order valence-electron chi connectivity index (χ2n) is 7.96. The number of aromatic hydroxyl groups is 1. The molecule has 0 aromatic heterocycles. The number of amides is 2. The lowest BCUT2D eigenvalue weighted by molar-refractivity contribution is -0.143. The van der Waals surface area contributed by atoms with Gasteiger partial charge in [-0.1, -0.05) is 48.5 Å². The molecular formula is C25H21BrN2O5. The van der Waals surface area contributed by atoms with Crippen LogP contribution in [0, 0.1) is 5.92 Å². The Kier molecular flexibility index (Phi) is 5.55. The van der Waals surface area contributed by atoms with Crippen LogP contribution in [0.15, 0.2) is 77.3 Å². The molecule has 0 unspecified atom stereocenters. The fourth-order valence-electron chi connectivity index (χ4n) is 4.45. The summed E-state index contributed by atoms with van der Waals surface area (Å²) in [5.41, 5.74) is 2.26. The highest BCUT2D eigenvalue weighted by molar-refractivity contribution is 9.10. The lowest BCUT2D eigenvalue weighted by Gasteiger charge is -2.29. The smallest absolute Gasteiger partial charge is 0.262 e. The van der Waals surface area contributed by atoms with Crippen LogP contribution >= 0.6 is 15.9 Å². The number of carbonyl (C=O) groups excluding carboxylic acids is 2. The average molecular weight is 509 g/mol. The molecule has 2 fully saturated rings. The Labute approximate surface area is 199 Å². The van der Waals surface area contributed by atoms with Gasteiger partial charge in [-0.05, 0) is 51.3 Å². The number of benzene rings is 3. The van der Waals surface area contributed by atoms with Gasteiger partial charge < -0.3 is 9.84 Å². The van der Waals surface area contributed by atoms with E-state index in [1.807, 2.05) is 60.7 Å². The van der Waals surface area contributed by atoms with E-state index in [2.05, 4.69) is 15.9 Å². The van der Waals surface area contributed by atoms with Crippen LogP contribution in [0.1, 0.15) is 17.2 Å². The van der Waals surface area contributed by atoms with Gasteiger partial charge in [0.2, 0.25) is 5.91 Å². The largest absolute Gasteiger partial charge is 0.503 e. The summed E-state index contributed by atoms with van der Waals surface area (Å²) in [6.07, 6.45) is -0.940. The normalized spacial score (nSPS) is 22.1. The highest BCUT2D eigenvalue weighted by Gasteiger charge is 2.59. The summed E-state index contributed by atoms with van der Waals surface area (Å²) in [7, 11) is 1.46. The van der Waals surface area contributed by atoms with E-state index in [4.69, 9.17) is 9.57 Å². The van der Waals surface area contributed by atoms with Gasteiger partial charge in [-0.2, -0.15) is 0 Å². The van der Waals surface area contributed by atoms with E-state index in [0.29, 0.717) is 10.0 Å². The molecule has 3 aromatic carbocycles. The van der Waals surface area contributed by atoms with Crippen LogP contribution in [0.3, 0.4) is 0 Å². The lowest BCUT2D eigenvalue weighted by Crippen LogP contribution is -2.36. The Morgan fingerprint density at radius 1 is 1.00 bits per heavy atom. The van der Waals surface area contributed by atoms with Gasteiger partial charge in [0, 0.05) is 0 Å². The molecule has 2 aliphatic rings. The third kappa shape index (κ3) is 3.65. The zero-order valence-electron chi connectivity index (χ0n) is 17.7. The molecule has 1 N–H and O–H groups in total. The van der Waals surface area contributed by atoms with Gasteiger partial charge in [-0.15, -0.1) is 0 Å². The van der Waals surface area contributed by atoms with E-state index in [9.17, 15) is 14.7 Å². The number of likely N-dealkylation sites (tertiary alicyclic amines) is 1. The number of phenols is 1. The molecule has 0 aliphatic carbocycles. The van der Waals surface area contributed by atoms with Gasteiger partial charge in [0.1, 0.15) is 5.92 Å². The van der Waals surface area contributed by atoms with Crippen LogP contribution in [0.4, 0.5) is 5.69 Å². The maximum Gasteiger partial charge on any atom is 0.262 e. The summed E-state index contributed by atoms with van der Waals surface area (Å²) < 4.78 is 5.75. The number of ether oxygens (including phenoxy) is 1. The van der Waals surface area contributed by atoms with Gasteiger partial charge in [-0.3, -0.25) is 19.3 Å². The number of anilines is 1. The van der Waals surface area contributed by atoms with Crippen LogP contribution < -0.4 is 9.80 Å².